The van der Waals surface area contributed by atoms with Gasteiger partial charge in [0.05, 0.1) is 0 Å². The van der Waals surface area contributed by atoms with E-state index in [0.717, 1.165) is 56.8 Å². The Morgan fingerprint density at radius 1 is 0.750 bits per heavy atom. The van der Waals surface area contributed by atoms with Gasteiger partial charge in [0.25, 0.3) is 0 Å². The lowest BCUT2D eigenvalue weighted by Gasteiger charge is -2.38. The highest BCUT2D eigenvalue weighted by molar-refractivity contribution is 5.66. The second-order valence-electron chi connectivity index (χ2n) is 11.1. The first-order valence-electron chi connectivity index (χ1n) is 14.0. The highest BCUT2D eigenvalue weighted by Gasteiger charge is 2.32. The van der Waals surface area contributed by atoms with Gasteiger partial charge in [-0.2, -0.15) is 0 Å². The molecule has 0 nitrogen and oxygen atoms in total. The standard InChI is InChI=1S/C32H40F4/c1-3-5-7-21-9-11-22(12-10-21)23-13-15-24(16-14-23)26-19-20-28(32(36)30(26)34)27-18-17-25(8-6-4-2)29(33)31(27)35/h3,17-24H,1,4-16H2,2H3. The van der Waals surface area contributed by atoms with Crippen molar-refractivity contribution < 1.29 is 17.6 Å². The summed E-state index contributed by atoms with van der Waals surface area (Å²) in [5.41, 5.74) is 0.223. The van der Waals surface area contributed by atoms with E-state index in [9.17, 15) is 8.78 Å². The first-order valence-corrected chi connectivity index (χ1v) is 14.0. The smallest absolute Gasteiger partial charge is 0.167 e. The van der Waals surface area contributed by atoms with Crippen molar-refractivity contribution in [1.29, 1.82) is 0 Å². The SMILES string of the molecule is C=CCCC1CCC(C2CCC(c3ccc(-c4ccc(CCCC)c(F)c4F)c(F)c3F)CC2)CC1. The van der Waals surface area contributed by atoms with Crippen LogP contribution in [0.4, 0.5) is 17.6 Å². The maximum absolute atomic E-state index is 15.2. The molecular weight excluding hydrogens is 460 g/mol. The summed E-state index contributed by atoms with van der Waals surface area (Å²) in [7, 11) is 0. The molecule has 0 atom stereocenters. The normalized spacial score (nSPS) is 24.6. The van der Waals surface area contributed by atoms with E-state index in [1.165, 1.54) is 50.3 Å². The summed E-state index contributed by atoms with van der Waals surface area (Å²) in [6.07, 6.45) is 15.4. The van der Waals surface area contributed by atoms with E-state index in [1.54, 1.807) is 6.07 Å². The van der Waals surface area contributed by atoms with E-state index in [4.69, 9.17) is 0 Å². The maximum Gasteiger partial charge on any atom is 0.167 e. The fraction of sp³-hybridized carbons (Fsp3) is 0.562. The molecular formula is C32H40F4. The quantitative estimate of drug-likeness (QED) is 0.237. The van der Waals surface area contributed by atoms with Crippen LogP contribution in [0.5, 0.6) is 0 Å². The van der Waals surface area contributed by atoms with E-state index in [-0.39, 0.29) is 22.6 Å². The molecule has 4 rings (SSSR count). The monoisotopic (exact) mass is 500 g/mol. The molecule has 4 heteroatoms. The first kappa shape index (κ1) is 26.9. The first-order chi connectivity index (χ1) is 17.4. The predicted octanol–water partition coefficient (Wildman–Crippen LogP) is 10.3. The average Bonchev–Trinajstić information content (AvgIpc) is 2.91. The van der Waals surface area contributed by atoms with Crippen LogP contribution in [0.1, 0.15) is 101 Å². The van der Waals surface area contributed by atoms with Crippen molar-refractivity contribution in [3.8, 4) is 11.1 Å². The van der Waals surface area contributed by atoms with Crippen molar-refractivity contribution in [3.05, 3.63) is 71.3 Å². The molecule has 0 spiro atoms. The van der Waals surface area contributed by atoms with Crippen LogP contribution in [0.2, 0.25) is 0 Å². The van der Waals surface area contributed by atoms with E-state index >= 15 is 8.78 Å². The third kappa shape index (κ3) is 5.89. The molecule has 196 valence electrons. The Labute approximate surface area is 214 Å². The van der Waals surface area contributed by atoms with Gasteiger partial charge in [0.1, 0.15) is 0 Å². The molecule has 2 aromatic carbocycles. The summed E-state index contributed by atoms with van der Waals surface area (Å²) in [5.74, 6) is -1.80. The molecule has 0 unspecified atom stereocenters. The molecule has 36 heavy (non-hydrogen) atoms. The Kier molecular flexibility index (Phi) is 9.30. The fourth-order valence-corrected chi connectivity index (χ4v) is 6.65. The minimum atomic E-state index is -1.10. The number of allylic oxidation sites excluding steroid dienone is 1. The molecule has 0 radical (unpaired) electrons. The number of halogens is 4. The number of benzene rings is 2. The zero-order chi connectivity index (χ0) is 25.7. The van der Waals surface area contributed by atoms with Gasteiger partial charge in [0.2, 0.25) is 0 Å². The summed E-state index contributed by atoms with van der Waals surface area (Å²) < 4.78 is 59.7. The topological polar surface area (TPSA) is 0 Å². The Morgan fingerprint density at radius 2 is 1.33 bits per heavy atom. The van der Waals surface area contributed by atoms with Gasteiger partial charge in [-0.05, 0) is 99.0 Å². The van der Waals surface area contributed by atoms with Gasteiger partial charge >= 0.3 is 0 Å². The molecule has 0 amide bonds. The van der Waals surface area contributed by atoms with Crippen LogP contribution in [0, 0.1) is 41.0 Å². The zero-order valence-electron chi connectivity index (χ0n) is 21.6. The average molecular weight is 501 g/mol. The lowest BCUT2D eigenvalue weighted by Crippen LogP contribution is -2.25. The molecule has 0 bridgehead atoms. The summed E-state index contributed by atoms with van der Waals surface area (Å²) >= 11 is 0. The van der Waals surface area contributed by atoms with E-state index < -0.39 is 23.3 Å². The summed E-state index contributed by atoms with van der Waals surface area (Å²) in [5, 5.41) is 0. The molecule has 2 aliphatic rings. The maximum atomic E-state index is 15.2. The van der Waals surface area contributed by atoms with E-state index in [0.29, 0.717) is 17.9 Å². The van der Waals surface area contributed by atoms with Crippen LogP contribution in [0.15, 0.2) is 36.9 Å². The van der Waals surface area contributed by atoms with Gasteiger partial charge < -0.3 is 0 Å². The largest absolute Gasteiger partial charge is 0.203 e. The zero-order valence-corrected chi connectivity index (χ0v) is 21.6. The number of aryl methyl sites for hydroxylation is 1. The lowest BCUT2D eigenvalue weighted by atomic mass is 9.68. The van der Waals surface area contributed by atoms with Crippen molar-refractivity contribution in [1.82, 2.24) is 0 Å². The molecule has 0 heterocycles. The molecule has 2 aromatic rings. The Hall–Kier alpha value is -2.10. The second-order valence-corrected chi connectivity index (χ2v) is 11.1. The predicted molar refractivity (Wildman–Crippen MR) is 140 cm³/mol. The molecule has 0 N–H and O–H groups in total. The van der Waals surface area contributed by atoms with Crippen molar-refractivity contribution in [2.45, 2.75) is 96.3 Å². The number of hydrogen-bond donors (Lipinski definition) is 0. The van der Waals surface area contributed by atoms with Gasteiger partial charge in [0, 0.05) is 11.1 Å². The Balaban J connectivity index is 1.41. The summed E-state index contributed by atoms with van der Waals surface area (Å²) in [6, 6.07) is 5.88. The van der Waals surface area contributed by atoms with Crippen molar-refractivity contribution in [2.75, 3.05) is 0 Å². The van der Waals surface area contributed by atoms with Gasteiger partial charge in [-0.1, -0.05) is 56.5 Å². The van der Waals surface area contributed by atoms with Crippen molar-refractivity contribution in [3.63, 3.8) is 0 Å². The molecule has 2 saturated carbocycles. The van der Waals surface area contributed by atoms with Crippen LogP contribution < -0.4 is 0 Å². The molecule has 2 aliphatic carbocycles. The number of rotatable bonds is 9. The van der Waals surface area contributed by atoms with Gasteiger partial charge in [0.15, 0.2) is 23.3 Å². The van der Waals surface area contributed by atoms with Crippen molar-refractivity contribution >= 4 is 0 Å². The minimum absolute atomic E-state index is 0.0215. The van der Waals surface area contributed by atoms with Crippen LogP contribution in [-0.4, -0.2) is 0 Å². The Morgan fingerprint density at radius 3 is 1.94 bits per heavy atom. The summed E-state index contributed by atoms with van der Waals surface area (Å²) in [6.45, 7) is 5.81. The van der Waals surface area contributed by atoms with E-state index in [1.807, 2.05) is 13.0 Å². The highest BCUT2D eigenvalue weighted by atomic mass is 19.2. The molecule has 2 fully saturated rings. The fourth-order valence-electron chi connectivity index (χ4n) is 6.65. The second kappa shape index (κ2) is 12.4. The number of hydrogen-bond acceptors (Lipinski definition) is 0. The number of unbranched alkanes of at least 4 members (excludes halogenated alkanes) is 1. The van der Waals surface area contributed by atoms with Crippen molar-refractivity contribution in [2.24, 2.45) is 17.8 Å². The molecule has 0 saturated heterocycles. The third-order valence-electron chi connectivity index (χ3n) is 8.91. The molecule has 0 aliphatic heterocycles. The van der Waals surface area contributed by atoms with Crippen LogP contribution in [-0.2, 0) is 6.42 Å². The summed E-state index contributed by atoms with van der Waals surface area (Å²) in [4.78, 5) is 0. The lowest BCUT2D eigenvalue weighted by molar-refractivity contribution is 0.156. The van der Waals surface area contributed by atoms with Gasteiger partial charge in [-0.25, -0.2) is 17.6 Å². The van der Waals surface area contributed by atoms with Gasteiger partial charge in [-0.3, -0.25) is 0 Å². The Bertz CT molecular complexity index is 1030. The van der Waals surface area contributed by atoms with Crippen LogP contribution >= 0.6 is 0 Å². The van der Waals surface area contributed by atoms with E-state index in [2.05, 4.69) is 6.58 Å². The van der Waals surface area contributed by atoms with Crippen LogP contribution in [0.25, 0.3) is 11.1 Å². The highest BCUT2D eigenvalue weighted by Crippen LogP contribution is 2.45. The van der Waals surface area contributed by atoms with Gasteiger partial charge in [-0.15, -0.1) is 6.58 Å². The van der Waals surface area contributed by atoms with Crippen LogP contribution in [0.3, 0.4) is 0 Å². The molecule has 0 aromatic heterocycles. The minimum Gasteiger partial charge on any atom is -0.203 e. The third-order valence-corrected chi connectivity index (χ3v) is 8.91.